The van der Waals surface area contributed by atoms with E-state index < -0.39 is 0 Å². The SMILES string of the molecule is NCCN(CCN)CCNC1CCCCCCCCCCCCCC1. The second-order valence-electron chi connectivity index (χ2n) is 7.89. The van der Waals surface area contributed by atoms with Gasteiger partial charge in [0.1, 0.15) is 0 Å². The van der Waals surface area contributed by atoms with Crippen molar-refractivity contribution in [3.8, 4) is 0 Å². The zero-order chi connectivity index (χ0) is 18.0. The Morgan fingerprint density at radius 1 is 0.600 bits per heavy atom. The predicted octanol–water partition coefficient (Wildman–Crippen LogP) is 3.64. The van der Waals surface area contributed by atoms with E-state index in [1.807, 2.05) is 0 Å². The summed E-state index contributed by atoms with van der Waals surface area (Å²) in [4.78, 5) is 2.39. The van der Waals surface area contributed by atoms with Crippen LogP contribution < -0.4 is 16.8 Å². The van der Waals surface area contributed by atoms with Crippen LogP contribution in [0, 0.1) is 0 Å². The van der Waals surface area contributed by atoms with E-state index in [0.717, 1.165) is 39.3 Å². The summed E-state index contributed by atoms with van der Waals surface area (Å²) in [5.74, 6) is 0. The smallest absolute Gasteiger partial charge is 0.0108 e. The summed E-state index contributed by atoms with van der Waals surface area (Å²) in [6, 6.07) is 0.711. The minimum Gasteiger partial charge on any atom is -0.329 e. The molecule has 4 nitrogen and oxygen atoms in total. The second kappa shape index (κ2) is 17.3. The first-order chi connectivity index (χ1) is 12.4. The van der Waals surface area contributed by atoms with Gasteiger partial charge in [-0.3, -0.25) is 4.90 Å². The van der Waals surface area contributed by atoms with Crippen LogP contribution in [0.1, 0.15) is 89.9 Å². The molecular formula is C21H46N4. The maximum Gasteiger partial charge on any atom is 0.0108 e. The molecule has 0 bridgehead atoms. The van der Waals surface area contributed by atoms with E-state index in [4.69, 9.17) is 11.5 Å². The molecule has 0 amide bonds. The van der Waals surface area contributed by atoms with E-state index in [1.54, 1.807) is 0 Å². The fourth-order valence-electron chi connectivity index (χ4n) is 4.03. The van der Waals surface area contributed by atoms with Crippen molar-refractivity contribution in [3.63, 3.8) is 0 Å². The third kappa shape index (κ3) is 13.7. The van der Waals surface area contributed by atoms with Crippen LogP contribution in [0.5, 0.6) is 0 Å². The largest absolute Gasteiger partial charge is 0.329 e. The van der Waals surface area contributed by atoms with E-state index in [0.29, 0.717) is 6.04 Å². The molecule has 0 atom stereocenters. The summed E-state index contributed by atoms with van der Waals surface area (Å²) in [6.07, 6.45) is 20.0. The first-order valence-electron chi connectivity index (χ1n) is 11.2. The summed E-state index contributed by atoms with van der Waals surface area (Å²) in [5, 5.41) is 3.84. The van der Waals surface area contributed by atoms with E-state index >= 15 is 0 Å². The number of hydrogen-bond donors (Lipinski definition) is 3. The molecule has 0 aliphatic heterocycles. The molecule has 1 saturated carbocycles. The summed E-state index contributed by atoms with van der Waals surface area (Å²) in [5.41, 5.74) is 11.4. The minimum absolute atomic E-state index is 0.711. The van der Waals surface area contributed by atoms with Crippen molar-refractivity contribution in [1.82, 2.24) is 10.2 Å². The van der Waals surface area contributed by atoms with Crippen LogP contribution in [0.2, 0.25) is 0 Å². The molecule has 150 valence electrons. The van der Waals surface area contributed by atoms with E-state index in [-0.39, 0.29) is 0 Å². The highest BCUT2D eigenvalue weighted by Gasteiger charge is 2.09. The molecule has 0 aromatic rings. The molecule has 0 aromatic heterocycles. The van der Waals surface area contributed by atoms with Gasteiger partial charge >= 0.3 is 0 Å². The Kier molecular flexibility index (Phi) is 15.8. The molecule has 0 spiro atoms. The van der Waals surface area contributed by atoms with Crippen LogP contribution in [-0.2, 0) is 0 Å². The van der Waals surface area contributed by atoms with Gasteiger partial charge in [-0.15, -0.1) is 0 Å². The zero-order valence-corrected chi connectivity index (χ0v) is 16.8. The summed E-state index contributed by atoms with van der Waals surface area (Å²) >= 11 is 0. The van der Waals surface area contributed by atoms with Crippen molar-refractivity contribution < 1.29 is 0 Å². The van der Waals surface area contributed by atoms with Gasteiger partial charge in [-0.1, -0.05) is 77.0 Å². The first-order valence-corrected chi connectivity index (χ1v) is 11.2. The van der Waals surface area contributed by atoms with Gasteiger partial charge in [-0.05, 0) is 12.8 Å². The molecule has 1 rings (SSSR count). The molecular weight excluding hydrogens is 308 g/mol. The molecule has 25 heavy (non-hydrogen) atoms. The molecule has 0 heterocycles. The van der Waals surface area contributed by atoms with Crippen LogP contribution >= 0.6 is 0 Å². The Balaban J connectivity index is 2.28. The highest BCUT2D eigenvalue weighted by molar-refractivity contribution is 4.70. The van der Waals surface area contributed by atoms with Crippen LogP contribution in [0.3, 0.4) is 0 Å². The van der Waals surface area contributed by atoms with E-state index in [9.17, 15) is 0 Å². The summed E-state index contributed by atoms with van der Waals surface area (Å²) in [6.45, 7) is 5.52. The lowest BCUT2D eigenvalue weighted by atomic mass is 10.0. The fraction of sp³-hybridized carbons (Fsp3) is 1.00. The maximum absolute atomic E-state index is 5.70. The minimum atomic E-state index is 0.711. The molecule has 1 aliphatic carbocycles. The quantitative estimate of drug-likeness (QED) is 0.622. The number of rotatable bonds is 8. The lowest BCUT2D eigenvalue weighted by Gasteiger charge is -2.24. The Bertz CT molecular complexity index is 251. The fourth-order valence-corrected chi connectivity index (χ4v) is 4.03. The lowest BCUT2D eigenvalue weighted by Crippen LogP contribution is -2.41. The molecule has 0 unspecified atom stereocenters. The Morgan fingerprint density at radius 2 is 1.00 bits per heavy atom. The normalized spacial score (nSPS) is 20.3. The molecule has 1 aliphatic rings. The maximum atomic E-state index is 5.70. The number of nitrogens with two attached hydrogens (primary N) is 2. The zero-order valence-electron chi connectivity index (χ0n) is 16.8. The number of nitrogens with one attached hydrogen (secondary N) is 1. The van der Waals surface area contributed by atoms with Gasteiger partial charge < -0.3 is 16.8 Å². The van der Waals surface area contributed by atoms with Crippen molar-refractivity contribution in [3.05, 3.63) is 0 Å². The third-order valence-electron chi connectivity index (χ3n) is 5.61. The van der Waals surface area contributed by atoms with Crippen LogP contribution in [0.15, 0.2) is 0 Å². The van der Waals surface area contributed by atoms with Crippen molar-refractivity contribution in [1.29, 1.82) is 0 Å². The predicted molar refractivity (Wildman–Crippen MR) is 111 cm³/mol. The van der Waals surface area contributed by atoms with Crippen molar-refractivity contribution >= 4 is 0 Å². The molecule has 4 heteroatoms. The van der Waals surface area contributed by atoms with E-state index in [2.05, 4.69) is 10.2 Å². The average Bonchev–Trinajstić information content (AvgIpc) is 2.62. The third-order valence-corrected chi connectivity index (χ3v) is 5.61. The second-order valence-corrected chi connectivity index (χ2v) is 7.89. The van der Waals surface area contributed by atoms with Crippen molar-refractivity contribution in [2.45, 2.75) is 95.9 Å². The molecule has 0 radical (unpaired) electrons. The van der Waals surface area contributed by atoms with Crippen LogP contribution in [-0.4, -0.2) is 50.2 Å². The van der Waals surface area contributed by atoms with Gasteiger partial charge in [0.05, 0.1) is 0 Å². The monoisotopic (exact) mass is 354 g/mol. The Morgan fingerprint density at radius 3 is 1.40 bits per heavy atom. The molecule has 1 fully saturated rings. The standard InChI is InChI=1S/C21H46N4/c22-15-18-25(19-16-23)20-17-24-21-13-11-9-7-5-3-1-2-4-6-8-10-12-14-21/h21,24H,1-20,22-23H2. The van der Waals surface area contributed by atoms with Crippen LogP contribution in [0.25, 0.3) is 0 Å². The van der Waals surface area contributed by atoms with Gasteiger partial charge in [0.2, 0.25) is 0 Å². The highest BCUT2D eigenvalue weighted by atomic mass is 15.1. The molecule has 5 N–H and O–H groups in total. The van der Waals surface area contributed by atoms with Crippen molar-refractivity contribution in [2.24, 2.45) is 11.5 Å². The van der Waals surface area contributed by atoms with Gasteiger partial charge in [-0.2, -0.15) is 0 Å². The topological polar surface area (TPSA) is 67.3 Å². The molecule has 0 saturated heterocycles. The Hall–Kier alpha value is -0.160. The van der Waals surface area contributed by atoms with Gasteiger partial charge in [0.15, 0.2) is 0 Å². The number of nitrogens with zero attached hydrogens (tertiary/aromatic N) is 1. The summed E-state index contributed by atoms with van der Waals surface area (Å²) < 4.78 is 0. The van der Waals surface area contributed by atoms with Crippen molar-refractivity contribution in [2.75, 3.05) is 39.3 Å². The van der Waals surface area contributed by atoms with Gasteiger partial charge in [0, 0.05) is 45.3 Å². The first kappa shape index (κ1) is 22.9. The van der Waals surface area contributed by atoms with E-state index in [1.165, 1.54) is 89.9 Å². The Labute approximate surface area is 157 Å². The van der Waals surface area contributed by atoms with Crippen LogP contribution in [0.4, 0.5) is 0 Å². The average molecular weight is 355 g/mol. The molecule has 0 aromatic carbocycles. The lowest BCUT2D eigenvalue weighted by molar-refractivity contribution is 0.278. The highest BCUT2D eigenvalue weighted by Crippen LogP contribution is 2.17. The van der Waals surface area contributed by atoms with Gasteiger partial charge in [0.25, 0.3) is 0 Å². The van der Waals surface area contributed by atoms with Gasteiger partial charge in [-0.25, -0.2) is 0 Å². The number of hydrogen-bond acceptors (Lipinski definition) is 4. The summed E-state index contributed by atoms with van der Waals surface area (Å²) in [7, 11) is 0.